The molecule has 26 heavy (non-hydrogen) atoms. The van der Waals surface area contributed by atoms with Crippen LogP contribution in [0, 0.1) is 0 Å². The second kappa shape index (κ2) is 8.62. The molecule has 0 unspecified atom stereocenters. The van der Waals surface area contributed by atoms with Gasteiger partial charge in [-0.3, -0.25) is 0 Å². The van der Waals surface area contributed by atoms with Gasteiger partial charge in [-0.1, -0.05) is 67.0 Å². The topological polar surface area (TPSA) is 18.5 Å². The first kappa shape index (κ1) is 21.0. The minimum atomic E-state index is -1.92. The molecule has 0 aliphatic heterocycles. The highest BCUT2D eigenvalue weighted by atomic mass is 79.9. The van der Waals surface area contributed by atoms with Crippen molar-refractivity contribution < 1.29 is 9.16 Å². The Morgan fingerprint density at radius 1 is 0.923 bits per heavy atom. The van der Waals surface area contributed by atoms with Crippen LogP contribution in [0.3, 0.4) is 0 Å². The Labute approximate surface area is 168 Å². The molecule has 0 radical (unpaired) electrons. The predicted octanol–water partition coefficient (Wildman–Crippen LogP) is 6.76. The van der Waals surface area contributed by atoms with Crippen molar-refractivity contribution in [3.8, 4) is 11.5 Å². The highest BCUT2D eigenvalue weighted by Crippen LogP contribution is 2.41. The Morgan fingerprint density at radius 2 is 1.50 bits per heavy atom. The molecule has 142 valence electrons. The van der Waals surface area contributed by atoms with Gasteiger partial charge in [0.1, 0.15) is 11.5 Å². The predicted molar refractivity (Wildman–Crippen MR) is 117 cm³/mol. The van der Waals surface area contributed by atoms with E-state index in [9.17, 15) is 0 Å². The molecule has 2 aromatic carbocycles. The summed E-state index contributed by atoms with van der Waals surface area (Å²) in [5.41, 5.74) is 3.70. The van der Waals surface area contributed by atoms with Crippen molar-refractivity contribution in [3.63, 3.8) is 0 Å². The molecule has 0 spiro atoms. The van der Waals surface area contributed by atoms with Gasteiger partial charge in [0.2, 0.25) is 8.32 Å². The van der Waals surface area contributed by atoms with Crippen LogP contribution < -0.4 is 9.16 Å². The molecular weight excluding hydrogens is 404 g/mol. The average molecular weight is 435 g/mol. The first-order valence-electron chi connectivity index (χ1n) is 9.16. The molecule has 0 N–H and O–H groups in total. The molecule has 0 saturated heterocycles. The molecule has 2 nitrogen and oxygen atoms in total. The summed E-state index contributed by atoms with van der Waals surface area (Å²) in [6, 6.07) is 15.0. The SMILES string of the molecule is COc1cc(CCc2ccccc2)cc(O[Si](C)(C)C(C)(C)C)c1CBr. The Kier molecular flexibility index (Phi) is 6.97. The summed E-state index contributed by atoms with van der Waals surface area (Å²) in [6.07, 6.45) is 1.98. The third kappa shape index (κ3) is 5.14. The molecule has 0 amide bonds. The molecule has 0 fully saturated rings. The number of alkyl halides is 1. The molecule has 0 heterocycles. The van der Waals surface area contributed by atoms with Crippen LogP contribution in [0.4, 0.5) is 0 Å². The van der Waals surface area contributed by atoms with E-state index in [1.165, 1.54) is 11.1 Å². The highest BCUT2D eigenvalue weighted by Gasteiger charge is 2.39. The maximum Gasteiger partial charge on any atom is 0.250 e. The van der Waals surface area contributed by atoms with Gasteiger partial charge in [-0.25, -0.2) is 0 Å². The number of ether oxygens (including phenoxy) is 1. The van der Waals surface area contributed by atoms with E-state index in [0.29, 0.717) is 0 Å². The lowest BCUT2D eigenvalue weighted by Gasteiger charge is -2.37. The molecule has 2 rings (SSSR count). The zero-order chi connectivity index (χ0) is 19.4. The summed E-state index contributed by atoms with van der Waals surface area (Å²) < 4.78 is 12.3. The van der Waals surface area contributed by atoms with Gasteiger partial charge in [0, 0.05) is 10.9 Å². The zero-order valence-corrected chi connectivity index (χ0v) is 19.4. The number of methoxy groups -OCH3 is 1. The first-order chi connectivity index (χ1) is 12.2. The van der Waals surface area contributed by atoms with Gasteiger partial charge >= 0.3 is 0 Å². The lowest BCUT2D eigenvalue weighted by molar-refractivity contribution is 0.405. The van der Waals surface area contributed by atoms with Crippen LogP contribution >= 0.6 is 15.9 Å². The minimum absolute atomic E-state index is 0.157. The van der Waals surface area contributed by atoms with E-state index in [1.807, 2.05) is 0 Å². The minimum Gasteiger partial charge on any atom is -0.543 e. The molecule has 0 aromatic heterocycles. The van der Waals surface area contributed by atoms with Crippen molar-refractivity contribution in [2.24, 2.45) is 0 Å². The molecule has 2 aromatic rings. The van der Waals surface area contributed by atoms with Gasteiger partial charge in [0.15, 0.2) is 0 Å². The molecule has 0 saturated carbocycles. The van der Waals surface area contributed by atoms with E-state index in [2.05, 4.69) is 92.3 Å². The van der Waals surface area contributed by atoms with Gasteiger partial charge in [0.05, 0.1) is 7.11 Å². The second-order valence-corrected chi connectivity index (χ2v) is 13.5. The number of halogens is 1. The van der Waals surface area contributed by atoms with E-state index >= 15 is 0 Å². The maximum absolute atomic E-state index is 6.65. The average Bonchev–Trinajstić information content (AvgIpc) is 2.59. The fraction of sp³-hybridized carbons (Fsp3) is 0.455. The van der Waals surface area contributed by atoms with Crippen LogP contribution in [0.5, 0.6) is 11.5 Å². The third-order valence-corrected chi connectivity index (χ3v) is 10.2. The normalized spacial score (nSPS) is 12.1. The van der Waals surface area contributed by atoms with E-state index in [1.54, 1.807) is 7.11 Å². The van der Waals surface area contributed by atoms with Crippen LogP contribution in [-0.4, -0.2) is 15.4 Å². The van der Waals surface area contributed by atoms with Crippen LogP contribution in [0.1, 0.15) is 37.5 Å². The molecule has 0 aliphatic rings. The van der Waals surface area contributed by atoms with Crippen molar-refractivity contribution in [2.75, 3.05) is 7.11 Å². The summed E-state index contributed by atoms with van der Waals surface area (Å²) in [5, 5.41) is 0.878. The van der Waals surface area contributed by atoms with Crippen molar-refractivity contribution >= 4 is 24.2 Å². The summed E-state index contributed by atoms with van der Waals surface area (Å²) >= 11 is 3.61. The second-order valence-electron chi connectivity index (χ2n) is 8.26. The zero-order valence-electron chi connectivity index (χ0n) is 16.9. The lowest BCUT2D eigenvalue weighted by atomic mass is 10.0. The molecule has 0 aliphatic carbocycles. The number of hydrogen-bond donors (Lipinski definition) is 0. The standard InChI is InChI=1S/C22H31BrO2Si/c1-22(2,3)26(5,6)25-21-15-18(14-20(24-4)19(21)16-23)13-12-17-10-8-7-9-11-17/h7-11,14-15H,12-13,16H2,1-6H3. The quantitative estimate of drug-likeness (QED) is 0.353. The summed E-state index contributed by atoms with van der Waals surface area (Å²) in [4.78, 5) is 0. The van der Waals surface area contributed by atoms with Crippen molar-refractivity contribution in [2.45, 2.75) is 57.1 Å². The van der Waals surface area contributed by atoms with Crippen LogP contribution in [0.25, 0.3) is 0 Å². The van der Waals surface area contributed by atoms with Crippen molar-refractivity contribution in [1.29, 1.82) is 0 Å². The lowest BCUT2D eigenvalue weighted by Crippen LogP contribution is -2.44. The van der Waals surface area contributed by atoms with Crippen LogP contribution in [0.15, 0.2) is 42.5 Å². The molecular formula is C22H31BrO2Si. The Morgan fingerprint density at radius 3 is 2.04 bits per heavy atom. The highest BCUT2D eigenvalue weighted by molar-refractivity contribution is 9.08. The maximum atomic E-state index is 6.65. The fourth-order valence-electron chi connectivity index (χ4n) is 2.58. The summed E-state index contributed by atoms with van der Waals surface area (Å²) in [5.74, 6) is 1.87. The summed E-state index contributed by atoms with van der Waals surface area (Å²) in [6.45, 7) is 11.4. The molecule has 0 atom stereocenters. The first-order valence-corrected chi connectivity index (χ1v) is 13.2. The Hall–Kier alpha value is -1.26. The van der Waals surface area contributed by atoms with Gasteiger partial charge in [-0.15, -0.1) is 0 Å². The van der Waals surface area contributed by atoms with Gasteiger partial charge in [-0.2, -0.15) is 0 Å². The Balaban J connectivity index is 2.33. The number of rotatable bonds is 7. The number of hydrogen-bond acceptors (Lipinski definition) is 2. The van der Waals surface area contributed by atoms with Gasteiger partial charge in [0.25, 0.3) is 0 Å². The van der Waals surface area contributed by atoms with Crippen molar-refractivity contribution in [3.05, 3.63) is 59.2 Å². The Bertz CT molecular complexity index is 721. The van der Waals surface area contributed by atoms with Gasteiger partial charge in [-0.05, 0) is 54.2 Å². The summed E-state index contributed by atoms with van der Waals surface area (Å²) in [7, 11) is -0.181. The molecule has 0 bridgehead atoms. The third-order valence-electron chi connectivity index (χ3n) is 5.30. The number of benzene rings is 2. The smallest absolute Gasteiger partial charge is 0.250 e. The van der Waals surface area contributed by atoms with E-state index < -0.39 is 8.32 Å². The van der Waals surface area contributed by atoms with Crippen LogP contribution in [0.2, 0.25) is 18.1 Å². The van der Waals surface area contributed by atoms with E-state index in [4.69, 9.17) is 9.16 Å². The van der Waals surface area contributed by atoms with Gasteiger partial charge < -0.3 is 9.16 Å². The van der Waals surface area contributed by atoms with Crippen LogP contribution in [-0.2, 0) is 18.2 Å². The number of aryl methyl sites for hydroxylation is 2. The van der Waals surface area contributed by atoms with E-state index in [-0.39, 0.29) is 5.04 Å². The molecule has 4 heteroatoms. The monoisotopic (exact) mass is 434 g/mol. The van der Waals surface area contributed by atoms with Crippen molar-refractivity contribution in [1.82, 2.24) is 0 Å². The fourth-order valence-corrected chi connectivity index (χ4v) is 4.18. The largest absolute Gasteiger partial charge is 0.543 e. The van der Waals surface area contributed by atoms with E-state index in [0.717, 1.165) is 35.2 Å².